The van der Waals surface area contributed by atoms with E-state index >= 15 is 0 Å². The average Bonchev–Trinajstić information content (AvgIpc) is 2.31. The van der Waals surface area contributed by atoms with E-state index in [1.165, 1.54) is 11.1 Å². The Morgan fingerprint density at radius 2 is 1.94 bits per heavy atom. The molecule has 88 valence electrons. The average molecular weight is 248 g/mol. The molecule has 1 aromatic heterocycles. The van der Waals surface area contributed by atoms with Crippen molar-refractivity contribution < 1.29 is 4.74 Å². The Morgan fingerprint density at radius 1 is 1.12 bits per heavy atom. The van der Waals surface area contributed by atoms with Crippen LogP contribution >= 0.6 is 11.6 Å². The maximum atomic E-state index is 5.88. The van der Waals surface area contributed by atoms with Gasteiger partial charge in [-0.15, -0.1) is 0 Å². The molecular weight excluding hydrogens is 234 g/mol. The van der Waals surface area contributed by atoms with Gasteiger partial charge in [-0.05, 0) is 49.2 Å². The Labute approximate surface area is 106 Å². The molecule has 1 aromatic carbocycles. The fourth-order valence-electron chi connectivity index (χ4n) is 1.49. The van der Waals surface area contributed by atoms with Gasteiger partial charge in [-0.2, -0.15) is 0 Å². The molecule has 1 heterocycles. The Bertz CT molecular complexity index is 525. The third-order valence-corrected chi connectivity index (χ3v) is 2.88. The van der Waals surface area contributed by atoms with E-state index in [0.29, 0.717) is 11.6 Å². The zero-order valence-electron chi connectivity index (χ0n) is 9.90. The molecule has 0 spiro atoms. The summed E-state index contributed by atoms with van der Waals surface area (Å²) in [6.07, 6.45) is 1.68. The number of aryl methyl sites for hydroxylation is 2. The molecule has 17 heavy (non-hydrogen) atoms. The highest BCUT2D eigenvalue weighted by Crippen LogP contribution is 2.18. The van der Waals surface area contributed by atoms with Crippen molar-refractivity contribution in [3.05, 3.63) is 58.4 Å². The summed E-state index contributed by atoms with van der Waals surface area (Å²) in [4.78, 5) is 4.19. The molecule has 0 bridgehead atoms. The molecule has 0 saturated carbocycles. The van der Waals surface area contributed by atoms with Gasteiger partial charge in [-0.3, -0.25) is 4.98 Å². The van der Waals surface area contributed by atoms with Crippen LogP contribution in [0.15, 0.2) is 36.5 Å². The smallest absolute Gasteiger partial charge is 0.130 e. The Balaban J connectivity index is 2.05. The third kappa shape index (κ3) is 3.21. The van der Waals surface area contributed by atoms with Gasteiger partial charge in [0.2, 0.25) is 0 Å². The standard InChI is InChI=1S/C14H14ClNO/c1-10-3-4-14(7-11(10)2)17-9-13-8-12(15)5-6-16-13/h3-8H,9H2,1-2H3. The van der Waals surface area contributed by atoms with Crippen LogP contribution in [0.3, 0.4) is 0 Å². The molecule has 0 aliphatic heterocycles. The van der Waals surface area contributed by atoms with Crippen molar-refractivity contribution in [2.45, 2.75) is 20.5 Å². The number of pyridine rings is 1. The lowest BCUT2D eigenvalue weighted by Gasteiger charge is -2.08. The second-order valence-corrected chi connectivity index (χ2v) is 4.44. The molecule has 2 nitrogen and oxygen atoms in total. The lowest BCUT2D eigenvalue weighted by Crippen LogP contribution is -1.98. The van der Waals surface area contributed by atoms with Gasteiger partial charge in [0, 0.05) is 11.2 Å². The normalized spacial score (nSPS) is 10.3. The van der Waals surface area contributed by atoms with Crippen molar-refractivity contribution in [2.24, 2.45) is 0 Å². The van der Waals surface area contributed by atoms with Gasteiger partial charge in [0.05, 0.1) is 5.69 Å². The predicted molar refractivity (Wildman–Crippen MR) is 69.5 cm³/mol. The molecule has 0 aliphatic carbocycles. The van der Waals surface area contributed by atoms with Crippen molar-refractivity contribution in [1.82, 2.24) is 4.98 Å². The first-order chi connectivity index (χ1) is 8.15. The molecule has 0 fully saturated rings. The van der Waals surface area contributed by atoms with E-state index in [0.717, 1.165) is 11.4 Å². The summed E-state index contributed by atoms with van der Waals surface area (Å²) in [5, 5.41) is 0.679. The van der Waals surface area contributed by atoms with Gasteiger partial charge in [0.1, 0.15) is 12.4 Å². The van der Waals surface area contributed by atoms with Crippen LogP contribution < -0.4 is 4.74 Å². The third-order valence-electron chi connectivity index (χ3n) is 2.64. The fourth-order valence-corrected chi connectivity index (χ4v) is 1.67. The maximum absolute atomic E-state index is 5.88. The summed E-state index contributed by atoms with van der Waals surface area (Å²) in [5.74, 6) is 0.856. The number of ether oxygens (including phenoxy) is 1. The monoisotopic (exact) mass is 247 g/mol. The molecule has 0 radical (unpaired) electrons. The second-order valence-electron chi connectivity index (χ2n) is 4.00. The lowest BCUT2D eigenvalue weighted by atomic mass is 10.1. The van der Waals surface area contributed by atoms with Crippen LogP contribution in [0.1, 0.15) is 16.8 Å². The van der Waals surface area contributed by atoms with E-state index in [4.69, 9.17) is 16.3 Å². The lowest BCUT2D eigenvalue weighted by molar-refractivity contribution is 0.301. The number of hydrogen-bond donors (Lipinski definition) is 0. The maximum Gasteiger partial charge on any atom is 0.130 e. The first kappa shape index (κ1) is 11.9. The summed E-state index contributed by atoms with van der Waals surface area (Å²) in [6, 6.07) is 9.60. The van der Waals surface area contributed by atoms with E-state index in [-0.39, 0.29) is 0 Å². The van der Waals surface area contributed by atoms with Crippen molar-refractivity contribution in [3.63, 3.8) is 0 Å². The zero-order valence-corrected chi connectivity index (χ0v) is 10.7. The Kier molecular flexibility index (Phi) is 3.64. The SMILES string of the molecule is Cc1ccc(OCc2cc(Cl)ccn2)cc1C. The van der Waals surface area contributed by atoms with E-state index in [1.54, 1.807) is 12.3 Å². The summed E-state index contributed by atoms with van der Waals surface area (Å²) in [6.45, 7) is 4.58. The molecule has 0 unspecified atom stereocenters. The van der Waals surface area contributed by atoms with Crippen molar-refractivity contribution in [1.29, 1.82) is 0 Å². The summed E-state index contributed by atoms with van der Waals surface area (Å²) in [7, 11) is 0. The Morgan fingerprint density at radius 3 is 2.65 bits per heavy atom. The number of halogens is 1. The second kappa shape index (κ2) is 5.19. The minimum atomic E-state index is 0.434. The Hall–Kier alpha value is -1.54. The molecular formula is C14H14ClNO. The van der Waals surface area contributed by atoms with Gasteiger partial charge in [0.25, 0.3) is 0 Å². The topological polar surface area (TPSA) is 22.1 Å². The van der Waals surface area contributed by atoms with E-state index < -0.39 is 0 Å². The van der Waals surface area contributed by atoms with Gasteiger partial charge in [-0.25, -0.2) is 0 Å². The highest BCUT2D eigenvalue weighted by atomic mass is 35.5. The zero-order chi connectivity index (χ0) is 12.3. The first-order valence-corrected chi connectivity index (χ1v) is 5.83. The first-order valence-electron chi connectivity index (χ1n) is 5.45. The minimum absolute atomic E-state index is 0.434. The van der Waals surface area contributed by atoms with Crippen LogP contribution in [0.25, 0.3) is 0 Å². The van der Waals surface area contributed by atoms with E-state index in [1.807, 2.05) is 18.2 Å². The number of aromatic nitrogens is 1. The summed E-state index contributed by atoms with van der Waals surface area (Å²) < 4.78 is 5.66. The number of rotatable bonds is 3. The van der Waals surface area contributed by atoms with Crippen LogP contribution in [-0.2, 0) is 6.61 Å². The highest BCUT2D eigenvalue weighted by molar-refractivity contribution is 6.30. The minimum Gasteiger partial charge on any atom is -0.487 e. The van der Waals surface area contributed by atoms with Crippen LogP contribution in [-0.4, -0.2) is 4.98 Å². The van der Waals surface area contributed by atoms with Crippen LogP contribution in [0.4, 0.5) is 0 Å². The van der Waals surface area contributed by atoms with E-state index in [2.05, 4.69) is 24.9 Å². The van der Waals surface area contributed by atoms with Gasteiger partial charge in [0.15, 0.2) is 0 Å². The van der Waals surface area contributed by atoms with Gasteiger partial charge < -0.3 is 4.74 Å². The van der Waals surface area contributed by atoms with Gasteiger partial charge >= 0.3 is 0 Å². The van der Waals surface area contributed by atoms with E-state index in [9.17, 15) is 0 Å². The molecule has 0 saturated heterocycles. The molecule has 0 amide bonds. The molecule has 0 N–H and O–H groups in total. The summed E-state index contributed by atoms with van der Waals surface area (Å²) in [5.41, 5.74) is 3.32. The van der Waals surface area contributed by atoms with Crippen molar-refractivity contribution in [2.75, 3.05) is 0 Å². The molecule has 2 aromatic rings. The number of hydrogen-bond acceptors (Lipinski definition) is 2. The summed E-state index contributed by atoms with van der Waals surface area (Å²) >= 11 is 5.88. The van der Waals surface area contributed by atoms with Gasteiger partial charge in [-0.1, -0.05) is 17.7 Å². The predicted octanol–water partition coefficient (Wildman–Crippen LogP) is 3.93. The highest BCUT2D eigenvalue weighted by Gasteiger charge is 2.00. The molecule has 0 aliphatic rings. The molecule has 2 rings (SSSR count). The van der Waals surface area contributed by atoms with Crippen LogP contribution in [0.2, 0.25) is 5.02 Å². The van der Waals surface area contributed by atoms with Crippen LogP contribution in [0.5, 0.6) is 5.75 Å². The largest absolute Gasteiger partial charge is 0.487 e. The molecule has 3 heteroatoms. The van der Waals surface area contributed by atoms with Crippen LogP contribution in [0, 0.1) is 13.8 Å². The quantitative estimate of drug-likeness (QED) is 0.820. The fraction of sp³-hybridized carbons (Fsp3) is 0.214. The molecule has 0 atom stereocenters. The number of nitrogens with zero attached hydrogens (tertiary/aromatic N) is 1. The van der Waals surface area contributed by atoms with Crippen molar-refractivity contribution >= 4 is 11.6 Å². The van der Waals surface area contributed by atoms with Crippen molar-refractivity contribution in [3.8, 4) is 5.75 Å². The number of benzene rings is 1.